The van der Waals surface area contributed by atoms with Crippen molar-refractivity contribution in [1.29, 1.82) is 0 Å². The lowest BCUT2D eigenvalue weighted by Gasteiger charge is -2.32. The number of nitrogens with one attached hydrogen (secondary N) is 1. The van der Waals surface area contributed by atoms with E-state index in [2.05, 4.69) is 34.2 Å². The van der Waals surface area contributed by atoms with Crippen LogP contribution in [0, 0.1) is 6.92 Å². The Bertz CT molecular complexity index is 372. The van der Waals surface area contributed by atoms with E-state index in [4.69, 9.17) is 0 Å². The molecule has 100 valence electrons. The first kappa shape index (κ1) is 13.4. The highest BCUT2D eigenvalue weighted by atomic mass is 15.2. The Kier molecular flexibility index (Phi) is 4.66. The lowest BCUT2D eigenvalue weighted by molar-refractivity contribution is 0.167. The zero-order chi connectivity index (χ0) is 13.0. The molecule has 18 heavy (non-hydrogen) atoms. The number of rotatable bonds is 3. The molecule has 1 aromatic heterocycles. The SMILES string of the molecule is Cc1nccnc1C(C)N(C)C1CCCNCC1. The van der Waals surface area contributed by atoms with Gasteiger partial charge in [-0.05, 0) is 53.2 Å². The van der Waals surface area contributed by atoms with Crippen LogP contribution in [0.5, 0.6) is 0 Å². The van der Waals surface area contributed by atoms with Crippen molar-refractivity contribution in [2.75, 3.05) is 20.1 Å². The molecular formula is C14H24N4. The molecule has 0 bridgehead atoms. The minimum absolute atomic E-state index is 0.335. The third kappa shape index (κ3) is 3.06. The van der Waals surface area contributed by atoms with Gasteiger partial charge in [0.25, 0.3) is 0 Å². The van der Waals surface area contributed by atoms with Crippen molar-refractivity contribution in [3.05, 3.63) is 23.8 Å². The van der Waals surface area contributed by atoms with Crippen molar-refractivity contribution in [1.82, 2.24) is 20.2 Å². The van der Waals surface area contributed by atoms with Gasteiger partial charge in [-0.1, -0.05) is 0 Å². The maximum Gasteiger partial charge on any atom is 0.0784 e. The minimum Gasteiger partial charge on any atom is -0.317 e. The summed E-state index contributed by atoms with van der Waals surface area (Å²) < 4.78 is 0. The summed E-state index contributed by atoms with van der Waals surface area (Å²) in [6.45, 7) is 6.56. The van der Waals surface area contributed by atoms with Gasteiger partial charge in [0.15, 0.2) is 0 Å². The van der Waals surface area contributed by atoms with Gasteiger partial charge >= 0.3 is 0 Å². The molecule has 0 radical (unpaired) electrons. The Labute approximate surface area is 110 Å². The highest BCUT2D eigenvalue weighted by Crippen LogP contribution is 2.24. The topological polar surface area (TPSA) is 41.1 Å². The molecule has 0 saturated carbocycles. The average molecular weight is 248 g/mol. The van der Waals surface area contributed by atoms with E-state index in [0.29, 0.717) is 12.1 Å². The summed E-state index contributed by atoms with van der Waals surface area (Å²) in [5.74, 6) is 0. The first-order valence-electron chi connectivity index (χ1n) is 6.90. The van der Waals surface area contributed by atoms with Gasteiger partial charge in [0.1, 0.15) is 0 Å². The van der Waals surface area contributed by atoms with Crippen molar-refractivity contribution < 1.29 is 0 Å². The van der Waals surface area contributed by atoms with Gasteiger partial charge in [-0.2, -0.15) is 0 Å². The number of hydrogen-bond donors (Lipinski definition) is 1. The van der Waals surface area contributed by atoms with Gasteiger partial charge < -0.3 is 5.32 Å². The van der Waals surface area contributed by atoms with Gasteiger partial charge in [0.2, 0.25) is 0 Å². The van der Waals surface area contributed by atoms with E-state index in [1.165, 1.54) is 19.3 Å². The van der Waals surface area contributed by atoms with E-state index < -0.39 is 0 Å². The number of nitrogens with zero attached hydrogens (tertiary/aromatic N) is 3. The first-order valence-corrected chi connectivity index (χ1v) is 6.90. The summed E-state index contributed by atoms with van der Waals surface area (Å²) in [5.41, 5.74) is 2.15. The molecule has 1 aliphatic heterocycles. The largest absolute Gasteiger partial charge is 0.317 e. The second-order valence-electron chi connectivity index (χ2n) is 5.20. The van der Waals surface area contributed by atoms with Crippen LogP contribution in [-0.2, 0) is 0 Å². The third-order valence-corrected chi connectivity index (χ3v) is 4.05. The number of aryl methyl sites for hydroxylation is 1. The Morgan fingerprint density at radius 1 is 1.28 bits per heavy atom. The Morgan fingerprint density at radius 2 is 2.06 bits per heavy atom. The molecule has 4 heteroatoms. The first-order chi connectivity index (χ1) is 8.70. The molecule has 0 aromatic carbocycles. The molecule has 1 saturated heterocycles. The molecule has 1 aliphatic rings. The molecule has 1 fully saturated rings. The van der Waals surface area contributed by atoms with Crippen LogP contribution < -0.4 is 5.32 Å². The van der Waals surface area contributed by atoms with E-state index >= 15 is 0 Å². The molecule has 0 spiro atoms. The zero-order valence-corrected chi connectivity index (χ0v) is 11.7. The predicted octanol–water partition coefficient (Wildman–Crippen LogP) is 1.92. The van der Waals surface area contributed by atoms with Crippen LogP contribution in [-0.4, -0.2) is 41.0 Å². The van der Waals surface area contributed by atoms with E-state index in [-0.39, 0.29) is 0 Å². The Balaban J connectivity index is 2.07. The fraction of sp³-hybridized carbons (Fsp3) is 0.714. The molecular weight excluding hydrogens is 224 g/mol. The van der Waals surface area contributed by atoms with Crippen molar-refractivity contribution >= 4 is 0 Å². The van der Waals surface area contributed by atoms with Gasteiger partial charge in [0, 0.05) is 18.4 Å². The molecule has 2 rings (SSSR count). The normalized spacial score (nSPS) is 22.8. The highest BCUT2D eigenvalue weighted by Gasteiger charge is 2.23. The van der Waals surface area contributed by atoms with Crippen LogP contribution >= 0.6 is 0 Å². The number of aromatic nitrogens is 2. The van der Waals surface area contributed by atoms with E-state index in [0.717, 1.165) is 24.5 Å². The van der Waals surface area contributed by atoms with Crippen LogP contribution in [0.3, 0.4) is 0 Å². The summed E-state index contributed by atoms with van der Waals surface area (Å²) >= 11 is 0. The van der Waals surface area contributed by atoms with E-state index in [1.54, 1.807) is 12.4 Å². The van der Waals surface area contributed by atoms with Crippen LogP contribution in [0.15, 0.2) is 12.4 Å². The van der Waals surface area contributed by atoms with Crippen LogP contribution in [0.25, 0.3) is 0 Å². The van der Waals surface area contributed by atoms with Gasteiger partial charge in [0.05, 0.1) is 17.4 Å². The smallest absolute Gasteiger partial charge is 0.0784 e. The monoisotopic (exact) mass is 248 g/mol. The second kappa shape index (κ2) is 6.25. The van der Waals surface area contributed by atoms with Crippen molar-refractivity contribution in [2.24, 2.45) is 0 Å². The summed E-state index contributed by atoms with van der Waals surface area (Å²) in [5, 5.41) is 3.47. The van der Waals surface area contributed by atoms with Gasteiger partial charge in [-0.25, -0.2) is 0 Å². The van der Waals surface area contributed by atoms with Crippen molar-refractivity contribution in [2.45, 2.75) is 45.2 Å². The van der Waals surface area contributed by atoms with Crippen LogP contribution in [0.4, 0.5) is 0 Å². The van der Waals surface area contributed by atoms with Crippen molar-refractivity contribution in [3.8, 4) is 0 Å². The summed E-state index contributed by atoms with van der Waals surface area (Å²) in [4.78, 5) is 11.3. The molecule has 1 N–H and O–H groups in total. The molecule has 0 amide bonds. The predicted molar refractivity (Wildman–Crippen MR) is 73.5 cm³/mol. The zero-order valence-electron chi connectivity index (χ0n) is 11.7. The lowest BCUT2D eigenvalue weighted by Crippen LogP contribution is -2.35. The average Bonchev–Trinajstić information content (AvgIpc) is 2.66. The summed E-state index contributed by atoms with van der Waals surface area (Å²) in [6.07, 6.45) is 7.32. The van der Waals surface area contributed by atoms with Crippen LogP contribution in [0.2, 0.25) is 0 Å². The van der Waals surface area contributed by atoms with E-state index in [9.17, 15) is 0 Å². The Hall–Kier alpha value is -1.00. The standard InChI is InChI=1S/C14H24N4/c1-11-14(17-10-9-16-11)12(2)18(3)13-5-4-7-15-8-6-13/h9-10,12-13,15H,4-8H2,1-3H3. The molecule has 4 nitrogen and oxygen atoms in total. The fourth-order valence-corrected chi connectivity index (χ4v) is 2.75. The van der Waals surface area contributed by atoms with Gasteiger partial charge in [-0.3, -0.25) is 14.9 Å². The van der Waals surface area contributed by atoms with Crippen molar-refractivity contribution in [3.63, 3.8) is 0 Å². The lowest BCUT2D eigenvalue weighted by atomic mass is 10.0. The summed E-state index contributed by atoms with van der Waals surface area (Å²) in [6, 6.07) is 0.984. The molecule has 2 atom stereocenters. The van der Waals surface area contributed by atoms with Crippen LogP contribution in [0.1, 0.15) is 43.6 Å². The third-order valence-electron chi connectivity index (χ3n) is 4.05. The fourth-order valence-electron chi connectivity index (χ4n) is 2.75. The minimum atomic E-state index is 0.335. The second-order valence-corrected chi connectivity index (χ2v) is 5.20. The molecule has 0 aliphatic carbocycles. The quantitative estimate of drug-likeness (QED) is 0.887. The highest BCUT2D eigenvalue weighted by molar-refractivity contribution is 5.12. The van der Waals surface area contributed by atoms with E-state index in [1.807, 2.05) is 6.92 Å². The van der Waals surface area contributed by atoms with Gasteiger partial charge in [-0.15, -0.1) is 0 Å². The molecule has 2 heterocycles. The maximum absolute atomic E-state index is 4.50. The molecule has 2 unspecified atom stereocenters. The Morgan fingerprint density at radius 3 is 2.83 bits per heavy atom. The summed E-state index contributed by atoms with van der Waals surface area (Å²) in [7, 11) is 2.22. The molecule has 1 aromatic rings. The number of hydrogen-bond acceptors (Lipinski definition) is 4. The maximum atomic E-state index is 4.50.